The lowest BCUT2D eigenvalue weighted by atomic mass is 10.0. The van der Waals surface area contributed by atoms with Crippen molar-refractivity contribution in [2.24, 2.45) is 0 Å². The van der Waals surface area contributed by atoms with Crippen LogP contribution in [0.2, 0.25) is 0 Å². The highest BCUT2D eigenvalue weighted by Gasteiger charge is 2.28. The topological polar surface area (TPSA) is 130 Å². The Hall–Kier alpha value is -3.28. The predicted molar refractivity (Wildman–Crippen MR) is 121 cm³/mol. The van der Waals surface area contributed by atoms with Gasteiger partial charge in [0.15, 0.2) is 17.1 Å². The highest BCUT2D eigenvalue weighted by molar-refractivity contribution is 5.70. The van der Waals surface area contributed by atoms with Crippen molar-refractivity contribution < 1.29 is 24.1 Å². The first-order valence-electron chi connectivity index (χ1n) is 11.3. The maximum atomic E-state index is 12.5. The van der Waals surface area contributed by atoms with Crippen LogP contribution >= 0.6 is 0 Å². The number of fused-ring (bicyclic) bond motifs is 2. The van der Waals surface area contributed by atoms with Crippen molar-refractivity contribution in [3.05, 3.63) is 46.6 Å². The third-order valence-electron chi connectivity index (χ3n) is 6.04. The van der Waals surface area contributed by atoms with Gasteiger partial charge in [-0.15, -0.1) is 0 Å². The Morgan fingerprint density at radius 3 is 2.85 bits per heavy atom. The molecule has 3 aromatic rings. The van der Waals surface area contributed by atoms with Gasteiger partial charge in [0.25, 0.3) is 5.56 Å². The van der Waals surface area contributed by atoms with Crippen LogP contribution in [0.25, 0.3) is 11.2 Å². The second kappa shape index (κ2) is 9.92. The minimum atomic E-state index is -0.864. The Balaban J connectivity index is 1.17. The van der Waals surface area contributed by atoms with Gasteiger partial charge in [0.1, 0.15) is 18.7 Å². The van der Waals surface area contributed by atoms with E-state index in [-0.39, 0.29) is 24.2 Å². The van der Waals surface area contributed by atoms with Crippen molar-refractivity contribution in [3.8, 4) is 17.4 Å². The van der Waals surface area contributed by atoms with Gasteiger partial charge >= 0.3 is 0 Å². The fourth-order valence-corrected chi connectivity index (χ4v) is 4.18. The standard InChI is InChI=1S/C23H27N5O6/c1-31-21-11-26-16-3-5-22(30)28(23(16)27-21)12-17(29)18-4-2-14(13-34-18)24-9-15-8-19-20(10-25-15)33-7-6-32-19/h3,5,8,10-11,14,17-18,24,29H,2,4,6-7,9,12-13H2,1H3/t14-,17+,18?/m1/s1. The molecule has 0 aromatic carbocycles. The van der Waals surface area contributed by atoms with Crippen molar-refractivity contribution in [1.82, 2.24) is 24.8 Å². The number of nitrogens with zero attached hydrogens (tertiary/aromatic N) is 4. The van der Waals surface area contributed by atoms with E-state index in [1.807, 2.05) is 6.07 Å². The van der Waals surface area contributed by atoms with E-state index in [1.54, 1.807) is 12.3 Å². The second-order valence-corrected chi connectivity index (χ2v) is 8.32. The Morgan fingerprint density at radius 1 is 1.21 bits per heavy atom. The lowest BCUT2D eigenvalue weighted by molar-refractivity contribution is -0.0771. The maximum Gasteiger partial charge on any atom is 0.252 e. The van der Waals surface area contributed by atoms with Gasteiger partial charge in [-0.05, 0) is 18.9 Å². The van der Waals surface area contributed by atoms with Crippen LogP contribution in [-0.4, -0.2) is 69.8 Å². The molecule has 2 N–H and O–H groups in total. The fraction of sp³-hybridized carbons (Fsp3) is 0.478. The number of aromatic nitrogens is 4. The molecular weight excluding hydrogens is 442 g/mol. The zero-order valence-electron chi connectivity index (χ0n) is 18.8. The van der Waals surface area contributed by atoms with Gasteiger partial charge < -0.3 is 29.4 Å². The van der Waals surface area contributed by atoms with Crippen LogP contribution in [0.15, 0.2) is 35.4 Å². The van der Waals surface area contributed by atoms with Crippen molar-refractivity contribution in [2.75, 3.05) is 26.9 Å². The quantitative estimate of drug-likeness (QED) is 0.509. The van der Waals surface area contributed by atoms with Gasteiger partial charge in [-0.3, -0.25) is 14.3 Å². The van der Waals surface area contributed by atoms with Crippen LogP contribution in [0.4, 0.5) is 0 Å². The van der Waals surface area contributed by atoms with Crippen molar-refractivity contribution in [3.63, 3.8) is 0 Å². The summed E-state index contributed by atoms with van der Waals surface area (Å²) in [5.41, 5.74) is 1.51. The molecule has 5 rings (SSSR count). The highest BCUT2D eigenvalue weighted by atomic mass is 16.6. The van der Waals surface area contributed by atoms with Gasteiger partial charge in [0.2, 0.25) is 5.88 Å². The average Bonchev–Trinajstić information content (AvgIpc) is 2.89. The summed E-state index contributed by atoms with van der Waals surface area (Å²) >= 11 is 0. The monoisotopic (exact) mass is 469 g/mol. The molecule has 3 atom stereocenters. The van der Waals surface area contributed by atoms with Crippen LogP contribution < -0.4 is 25.1 Å². The molecule has 0 radical (unpaired) electrons. The molecule has 0 saturated carbocycles. The smallest absolute Gasteiger partial charge is 0.252 e. The Morgan fingerprint density at radius 2 is 2.06 bits per heavy atom. The molecular formula is C23H27N5O6. The van der Waals surface area contributed by atoms with E-state index in [0.717, 1.165) is 12.1 Å². The van der Waals surface area contributed by atoms with Crippen LogP contribution in [0, 0.1) is 0 Å². The first-order chi connectivity index (χ1) is 16.6. The minimum absolute atomic E-state index is 0.0574. The number of aliphatic hydroxyl groups excluding tert-OH is 1. The van der Waals surface area contributed by atoms with Gasteiger partial charge in [0, 0.05) is 24.7 Å². The molecule has 1 unspecified atom stereocenters. The largest absolute Gasteiger partial charge is 0.486 e. The molecule has 1 saturated heterocycles. The zero-order valence-corrected chi connectivity index (χ0v) is 18.8. The first-order valence-corrected chi connectivity index (χ1v) is 11.3. The summed E-state index contributed by atoms with van der Waals surface area (Å²) in [6.45, 7) is 2.15. The van der Waals surface area contributed by atoms with Crippen molar-refractivity contribution in [1.29, 1.82) is 0 Å². The lowest BCUT2D eigenvalue weighted by Crippen LogP contribution is -2.45. The van der Waals surface area contributed by atoms with E-state index >= 15 is 0 Å². The Labute approximate surface area is 195 Å². The van der Waals surface area contributed by atoms with Crippen LogP contribution in [-0.2, 0) is 17.8 Å². The molecule has 180 valence electrons. The second-order valence-electron chi connectivity index (χ2n) is 8.32. The third-order valence-corrected chi connectivity index (χ3v) is 6.04. The summed E-state index contributed by atoms with van der Waals surface area (Å²) in [5.74, 6) is 1.69. The normalized spacial score (nSPS) is 20.8. The van der Waals surface area contributed by atoms with Crippen molar-refractivity contribution in [2.45, 2.75) is 44.2 Å². The van der Waals surface area contributed by atoms with E-state index in [1.165, 1.54) is 23.9 Å². The molecule has 2 aliphatic rings. The number of ether oxygens (including phenoxy) is 4. The molecule has 5 heterocycles. The Kier molecular flexibility index (Phi) is 6.57. The van der Waals surface area contributed by atoms with E-state index in [0.29, 0.717) is 61.3 Å². The predicted octanol–water partition coefficient (Wildman–Crippen LogP) is 0.665. The zero-order chi connectivity index (χ0) is 23.5. The average molecular weight is 469 g/mol. The fourth-order valence-electron chi connectivity index (χ4n) is 4.18. The van der Waals surface area contributed by atoms with E-state index < -0.39 is 6.10 Å². The molecule has 34 heavy (non-hydrogen) atoms. The third kappa shape index (κ3) is 4.81. The van der Waals surface area contributed by atoms with Crippen LogP contribution in [0.1, 0.15) is 18.5 Å². The van der Waals surface area contributed by atoms with E-state index in [9.17, 15) is 9.90 Å². The van der Waals surface area contributed by atoms with Crippen molar-refractivity contribution >= 4 is 11.2 Å². The molecule has 0 bridgehead atoms. The molecule has 11 heteroatoms. The van der Waals surface area contributed by atoms with Gasteiger partial charge in [-0.25, -0.2) is 4.98 Å². The number of pyridine rings is 2. The van der Waals surface area contributed by atoms with Crippen LogP contribution in [0.5, 0.6) is 17.4 Å². The summed E-state index contributed by atoms with van der Waals surface area (Å²) < 4.78 is 23.6. The number of aliphatic hydroxyl groups is 1. The Bertz CT molecular complexity index is 1210. The highest BCUT2D eigenvalue weighted by Crippen LogP contribution is 2.29. The molecule has 1 fully saturated rings. The summed E-state index contributed by atoms with van der Waals surface area (Å²) in [7, 11) is 1.49. The molecule has 2 aliphatic heterocycles. The summed E-state index contributed by atoms with van der Waals surface area (Å²) in [6.07, 6.45) is 3.41. The van der Waals surface area contributed by atoms with Gasteiger partial charge in [-0.1, -0.05) is 0 Å². The molecule has 3 aromatic heterocycles. The number of nitrogens with one attached hydrogen (secondary N) is 1. The number of methoxy groups -OCH3 is 1. The summed E-state index contributed by atoms with van der Waals surface area (Å²) in [4.78, 5) is 25.5. The molecule has 11 nitrogen and oxygen atoms in total. The summed E-state index contributed by atoms with van der Waals surface area (Å²) in [5, 5.41) is 14.3. The number of hydrogen-bond donors (Lipinski definition) is 2. The molecule has 0 aliphatic carbocycles. The lowest BCUT2D eigenvalue weighted by Gasteiger charge is -2.32. The van der Waals surface area contributed by atoms with Gasteiger partial charge in [0.05, 0.1) is 50.6 Å². The first kappa shape index (κ1) is 22.5. The minimum Gasteiger partial charge on any atom is -0.486 e. The number of hydrogen-bond acceptors (Lipinski definition) is 10. The van der Waals surface area contributed by atoms with E-state index in [2.05, 4.69) is 20.3 Å². The number of rotatable bonds is 7. The van der Waals surface area contributed by atoms with E-state index in [4.69, 9.17) is 18.9 Å². The molecule has 0 spiro atoms. The SMILES string of the molecule is COc1cnc2ccc(=O)n(C[C@H](O)C3CC[C@@H](NCc4cc5c(cn4)OCCO5)CO3)c2n1. The molecule has 0 amide bonds. The maximum absolute atomic E-state index is 12.5. The van der Waals surface area contributed by atoms with Gasteiger partial charge in [-0.2, -0.15) is 4.98 Å². The summed E-state index contributed by atoms with van der Waals surface area (Å²) in [6, 6.07) is 5.05. The van der Waals surface area contributed by atoms with Crippen LogP contribution in [0.3, 0.4) is 0 Å².